The van der Waals surface area contributed by atoms with Crippen LogP contribution in [0.2, 0.25) is 0 Å². The smallest absolute Gasteiger partial charge is 0.146 e. The van der Waals surface area contributed by atoms with Crippen molar-refractivity contribution < 1.29 is 9.50 Å². The van der Waals surface area contributed by atoms with Gasteiger partial charge in [0, 0.05) is 12.2 Å². The zero-order chi connectivity index (χ0) is 14.5. The number of hydrogen-bond acceptors (Lipinski definition) is 3. The van der Waals surface area contributed by atoms with Crippen molar-refractivity contribution in [3.05, 3.63) is 59.4 Å². The summed E-state index contributed by atoms with van der Waals surface area (Å²) in [5, 5.41) is 13.1. The Hall–Kier alpha value is -2.07. The molecule has 1 atom stereocenters. The first-order valence-corrected chi connectivity index (χ1v) is 6.60. The minimum absolute atomic E-state index is 0.290. The van der Waals surface area contributed by atoms with Gasteiger partial charge in [-0.05, 0) is 42.7 Å². The summed E-state index contributed by atoms with van der Waals surface area (Å²) in [6, 6.07) is 12.0. The molecule has 0 aromatic heterocycles. The molecule has 0 saturated heterocycles. The van der Waals surface area contributed by atoms with Gasteiger partial charge in [-0.2, -0.15) is 0 Å². The van der Waals surface area contributed by atoms with E-state index in [9.17, 15) is 9.50 Å². The number of aliphatic hydroxyl groups excluding tert-OH is 1. The van der Waals surface area contributed by atoms with Crippen molar-refractivity contribution in [3.63, 3.8) is 0 Å². The summed E-state index contributed by atoms with van der Waals surface area (Å²) in [5.74, 6) is -0.290. The Morgan fingerprint density at radius 2 is 2.00 bits per heavy atom. The van der Waals surface area contributed by atoms with Gasteiger partial charge < -0.3 is 16.2 Å². The molecule has 106 valence electrons. The predicted molar refractivity (Wildman–Crippen MR) is 80.1 cm³/mol. The number of hydrogen-bond donors (Lipinski definition) is 3. The lowest BCUT2D eigenvalue weighted by atomic mass is 10.0. The van der Waals surface area contributed by atoms with Crippen LogP contribution in [0, 0.1) is 12.7 Å². The molecule has 0 aliphatic heterocycles. The number of para-hydroxylation sites is 1. The molecular weight excluding hydrogens is 255 g/mol. The molecule has 0 spiro atoms. The Morgan fingerprint density at radius 1 is 1.25 bits per heavy atom. The first-order valence-electron chi connectivity index (χ1n) is 6.60. The standard InChI is InChI=1S/C16H19FN2O/c1-11-6-7-12(10-14(11)18)16(20)8-9-19-15-5-3-2-4-13(15)17/h2-7,10,16,19-20H,8-9,18H2,1H3. The highest BCUT2D eigenvalue weighted by Crippen LogP contribution is 2.22. The molecule has 0 bridgehead atoms. The van der Waals surface area contributed by atoms with Gasteiger partial charge in [0.1, 0.15) is 5.82 Å². The molecule has 2 aromatic carbocycles. The topological polar surface area (TPSA) is 58.3 Å². The molecule has 0 aliphatic carbocycles. The van der Waals surface area contributed by atoms with E-state index in [2.05, 4.69) is 5.32 Å². The van der Waals surface area contributed by atoms with E-state index in [1.165, 1.54) is 6.07 Å². The number of nitrogens with one attached hydrogen (secondary N) is 1. The van der Waals surface area contributed by atoms with E-state index < -0.39 is 6.10 Å². The molecule has 0 fully saturated rings. The van der Waals surface area contributed by atoms with Crippen LogP contribution in [0.15, 0.2) is 42.5 Å². The fourth-order valence-electron chi connectivity index (χ4n) is 1.98. The van der Waals surface area contributed by atoms with Crippen LogP contribution >= 0.6 is 0 Å². The molecule has 4 heteroatoms. The third-order valence-corrected chi connectivity index (χ3v) is 3.30. The van der Waals surface area contributed by atoms with Gasteiger partial charge in [-0.1, -0.05) is 24.3 Å². The monoisotopic (exact) mass is 274 g/mol. The minimum atomic E-state index is -0.614. The van der Waals surface area contributed by atoms with Crippen LogP contribution in [0.25, 0.3) is 0 Å². The van der Waals surface area contributed by atoms with Gasteiger partial charge in [0.15, 0.2) is 0 Å². The van der Waals surface area contributed by atoms with Crippen LogP contribution in [0.5, 0.6) is 0 Å². The van der Waals surface area contributed by atoms with E-state index in [-0.39, 0.29) is 5.82 Å². The summed E-state index contributed by atoms with van der Waals surface area (Å²) in [7, 11) is 0. The Kier molecular flexibility index (Phi) is 4.58. The van der Waals surface area contributed by atoms with Gasteiger partial charge in [-0.3, -0.25) is 0 Å². The molecule has 20 heavy (non-hydrogen) atoms. The van der Waals surface area contributed by atoms with Crippen molar-refractivity contribution in [2.24, 2.45) is 0 Å². The van der Waals surface area contributed by atoms with Crippen LogP contribution in [-0.4, -0.2) is 11.7 Å². The van der Waals surface area contributed by atoms with Crippen LogP contribution in [0.4, 0.5) is 15.8 Å². The van der Waals surface area contributed by atoms with Crippen molar-refractivity contribution in [3.8, 4) is 0 Å². The number of aryl methyl sites for hydroxylation is 1. The number of nitrogen functional groups attached to an aromatic ring is 1. The fourth-order valence-corrected chi connectivity index (χ4v) is 1.98. The average molecular weight is 274 g/mol. The maximum Gasteiger partial charge on any atom is 0.146 e. The van der Waals surface area contributed by atoms with Gasteiger partial charge in [0.05, 0.1) is 11.8 Å². The maximum absolute atomic E-state index is 13.4. The maximum atomic E-state index is 13.4. The summed E-state index contributed by atoms with van der Waals surface area (Å²) in [4.78, 5) is 0. The zero-order valence-corrected chi connectivity index (χ0v) is 11.4. The van der Waals surface area contributed by atoms with Gasteiger partial charge in [0.25, 0.3) is 0 Å². The molecule has 2 aromatic rings. The Morgan fingerprint density at radius 3 is 2.70 bits per heavy atom. The van der Waals surface area contributed by atoms with Crippen molar-refractivity contribution in [1.82, 2.24) is 0 Å². The zero-order valence-electron chi connectivity index (χ0n) is 11.4. The summed E-state index contributed by atoms with van der Waals surface area (Å²) in [5.41, 5.74) is 8.71. The largest absolute Gasteiger partial charge is 0.399 e. The van der Waals surface area contributed by atoms with Crippen molar-refractivity contribution in [2.45, 2.75) is 19.4 Å². The SMILES string of the molecule is Cc1ccc(C(O)CCNc2ccccc2F)cc1N. The summed E-state index contributed by atoms with van der Waals surface area (Å²) < 4.78 is 13.4. The first-order chi connectivity index (χ1) is 9.58. The van der Waals surface area contributed by atoms with Gasteiger partial charge in [0.2, 0.25) is 0 Å². The highest BCUT2D eigenvalue weighted by Gasteiger charge is 2.09. The number of aliphatic hydroxyl groups is 1. The number of rotatable bonds is 5. The van der Waals surface area contributed by atoms with E-state index in [1.54, 1.807) is 24.3 Å². The van der Waals surface area contributed by atoms with Crippen molar-refractivity contribution in [2.75, 3.05) is 17.6 Å². The van der Waals surface area contributed by atoms with E-state index in [0.29, 0.717) is 24.3 Å². The second-order valence-electron chi connectivity index (χ2n) is 4.83. The number of nitrogens with two attached hydrogens (primary N) is 1. The molecule has 2 rings (SSSR count). The fraction of sp³-hybridized carbons (Fsp3) is 0.250. The number of benzene rings is 2. The van der Waals surface area contributed by atoms with Gasteiger partial charge in [-0.25, -0.2) is 4.39 Å². The molecule has 0 saturated carbocycles. The second-order valence-corrected chi connectivity index (χ2v) is 4.83. The number of halogens is 1. The van der Waals surface area contributed by atoms with Gasteiger partial charge in [-0.15, -0.1) is 0 Å². The molecule has 0 heterocycles. The van der Waals surface area contributed by atoms with Crippen LogP contribution in [-0.2, 0) is 0 Å². The van der Waals surface area contributed by atoms with E-state index in [4.69, 9.17) is 5.73 Å². The Bertz CT molecular complexity index is 586. The van der Waals surface area contributed by atoms with Gasteiger partial charge >= 0.3 is 0 Å². The Balaban J connectivity index is 1.90. The average Bonchev–Trinajstić information content (AvgIpc) is 2.44. The minimum Gasteiger partial charge on any atom is -0.399 e. The second kappa shape index (κ2) is 6.39. The summed E-state index contributed by atoms with van der Waals surface area (Å²) >= 11 is 0. The lowest BCUT2D eigenvalue weighted by Gasteiger charge is -2.14. The molecule has 0 aliphatic rings. The quantitative estimate of drug-likeness (QED) is 0.733. The van der Waals surface area contributed by atoms with Crippen LogP contribution in [0.3, 0.4) is 0 Å². The van der Waals surface area contributed by atoms with E-state index >= 15 is 0 Å². The molecule has 3 nitrogen and oxygen atoms in total. The van der Waals surface area contributed by atoms with E-state index in [0.717, 1.165) is 11.1 Å². The lowest BCUT2D eigenvalue weighted by Crippen LogP contribution is -2.09. The third kappa shape index (κ3) is 3.48. The number of anilines is 2. The summed E-state index contributed by atoms with van der Waals surface area (Å²) in [6.45, 7) is 2.40. The highest BCUT2D eigenvalue weighted by atomic mass is 19.1. The van der Waals surface area contributed by atoms with Crippen molar-refractivity contribution >= 4 is 11.4 Å². The lowest BCUT2D eigenvalue weighted by molar-refractivity contribution is 0.171. The van der Waals surface area contributed by atoms with Crippen LogP contribution in [0.1, 0.15) is 23.7 Å². The molecular formula is C16H19FN2O. The first kappa shape index (κ1) is 14.3. The third-order valence-electron chi connectivity index (χ3n) is 3.30. The Labute approximate surface area is 118 Å². The predicted octanol–water partition coefficient (Wildman–Crippen LogP) is 3.25. The normalized spacial score (nSPS) is 12.2. The molecule has 4 N–H and O–H groups in total. The van der Waals surface area contributed by atoms with E-state index in [1.807, 2.05) is 19.1 Å². The van der Waals surface area contributed by atoms with Crippen LogP contribution < -0.4 is 11.1 Å². The van der Waals surface area contributed by atoms with Crippen molar-refractivity contribution in [1.29, 1.82) is 0 Å². The molecule has 0 amide bonds. The molecule has 1 unspecified atom stereocenters. The summed E-state index contributed by atoms with van der Waals surface area (Å²) in [6.07, 6.45) is -0.131. The molecule has 0 radical (unpaired) electrons. The highest BCUT2D eigenvalue weighted by molar-refractivity contribution is 5.49.